The molecule has 5 rings (SSSR count). The van der Waals surface area contributed by atoms with Crippen LogP contribution in [-0.2, 0) is 0 Å². The Balaban J connectivity index is 1.41. The van der Waals surface area contributed by atoms with E-state index < -0.39 is 0 Å². The van der Waals surface area contributed by atoms with E-state index in [2.05, 4.69) is 26.6 Å². The Bertz CT molecular complexity index is 1330. The zero-order valence-electron chi connectivity index (χ0n) is 18.9. The number of nitrogens with zero attached hydrogens (tertiary/aromatic N) is 4. The first-order chi connectivity index (χ1) is 17.0. The summed E-state index contributed by atoms with van der Waals surface area (Å²) in [7, 11) is 0. The number of carbonyl (C=O) groups excluding carboxylic acids is 1. The van der Waals surface area contributed by atoms with E-state index in [0.717, 1.165) is 43.1 Å². The SMILES string of the molecule is Cc1cc2c(nc1Nc1ccc(N3CCNCC3)c(C#N)c1)OCN(c1c(Cl)cccc1Cl)C2=O. The van der Waals surface area contributed by atoms with Crippen LogP contribution in [0.4, 0.5) is 22.9 Å². The molecule has 3 aromatic rings. The predicted molar refractivity (Wildman–Crippen MR) is 137 cm³/mol. The van der Waals surface area contributed by atoms with Gasteiger partial charge < -0.3 is 20.3 Å². The van der Waals surface area contributed by atoms with Gasteiger partial charge in [-0.05, 0) is 48.9 Å². The second kappa shape index (κ2) is 9.62. The Hall–Kier alpha value is -3.51. The smallest absolute Gasteiger partial charge is 0.266 e. The van der Waals surface area contributed by atoms with E-state index in [9.17, 15) is 10.1 Å². The molecule has 178 valence electrons. The molecule has 1 aromatic heterocycles. The number of nitriles is 1. The van der Waals surface area contributed by atoms with Gasteiger partial charge in [-0.1, -0.05) is 29.3 Å². The van der Waals surface area contributed by atoms with Gasteiger partial charge in [0.25, 0.3) is 5.91 Å². The molecule has 0 unspecified atom stereocenters. The van der Waals surface area contributed by atoms with Crippen LogP contribution in [0.25, 0.3) is 0 Å². The minimum atomic E-state index is -0.296. The van der Waals surface area contributed by atoms with E-state index in [4.69, 9.17) is 27.9 Å². The average Bonchev–Trinajstić information content (AvgIpc) is 2.86. The lowest BCUT2D eigenvalue weighted by Crippen LogP contribution is -2.43. The summed E-state index contributed by atoms with van der Waals surface area (Å²) in [6, 6.07) is 14.8. The molecule has 1 saturated heterocycles. The number of carbonyl (C=O) groups is 1. The fraction of sp³-hybridized carbons (Fsp3) is 0.240. The quantitative estimate of drug-likeness (QED) is 0.526. The summed E-state index contributed by atoms with van der Waals surface area (Å²) in [5.74, 6) is 0.468. The van der Waals surface area contributed by atoms with Gasteiger partial charge in [-0.3, -0.25) is 9.69 Å². The van der Waals surface area contributed by atoms with Crippen LogP contribution in [0, 0.1) is 18.3 Å². The molecular formula is C25H22Cl2N6O2. The standard InChI is InChI=1S/C25H22Cl2N6O2/c1-15-11-18-24(35-14-33(25(18)34)22-19(26)3-2-4-20(22)27)31-23(15)30-17-5-6-21(16(12-17)13-28)32-9-7-29-8-10-32/h2-6,11-12,29H,7-10,14H2,1H3,(H,30,31). The van der Waals surface area contributed by atoms with Crippen molar-refractivity contribution in [3.8, 4) is 11.9 Å². The van der Waals surface area contributed by atoms with Crippen molar-refractivity contribution < 1.29 is 9.53 Å². The van der Waals surface area contributed by atoms with Gasteiger partial charge in [0.1, 0.15) is 17.5 Å². The number of benzene rings is 2. The number of piperazine rings is 1. The number of anilines is 4. The first kappa shape index (κ1) is 23.2. The molecule has 1 amide bonds. The molecule has 2 aromatic carbocycles. The normalized spacial score (nSPS) is 15.3. The lowest BCUT2D eigenvalue weighted by atomic mass is 10.1. The molecule has 2 aliphatic heterocycles. The Morgan fingerprint density at radius 2 is 1.89 bits per heavy atom. The van der Waals surface area contributed by atoms with Crippen molar-refractivity contribution in [3.63, 3.8) is 0 Å². The summed E-state index contributed by atoms with van der Waals surface area (Å²) >= 11 is 12.6. The van der Waals surface area contributed by atoms with Gasteiger partial charge in [0.2, 0.25) is 5.88 Å². The monoisotopic (exact) mass is 508 g/mol. The lowest BCUT2D eigenvalue weighted by Gasteiger charge is -2.30. The molecule has 0 saturated carbocycles. The van der Waals surface area contributed by atoms with Crippen LogP contribution in [0.3, 0.4) is 0 Å². The molecule has 2 N–H and O–H groups in total. The van der Waals surface area contributed by atoms with Crippen LogP contribution in [-0.4, -0.2) is 43.8 Å². The molecule has 0 aliphatic carbocycles. The van der Waals surface area contributed by atoms with Crippen molar-refractivity contribution in [2.75, 3.05) is 48.0 Å². The Labute approximate surface area is 213 Å². The first-order valence-corrected chi connectivity index (χ1v) is 11.9. The average molecular weight is 509 g/mol. The summed E-state index contributed by atoms with van der Waals surface area (Å²) in [6.45, 7) is 5.28. The van der Waals surface area contributed by atoms with Gasteiger partial charge >= 0.3 is 0 Å². The summed E-state index contributed by atoms with van der Waals surface area (Å²) in [5, 5.41) is 17.0. The summed E-state index contributed by atoms with van der Waals surface area (Å²) in [6.07, 6.45) is 0. The number of para-hydroxylation sites is 1. The van der Waals surface area contributed by atoms with E-state index in [1.165, 1.54) is 4.90 Å². The van der Waals surface area contributed by atoms with Crippen LogP contribution >= 0.6 is 23.2 Å². The highest BCUT2D eigenvalue weighted by Crippen LogP contribution is 2.38. The van der Waals surface area contributed by atoms with Crippen LogP contribution < -0.4 is 25.2 Å². The van der Waals surface area contributed by atoms with Crippen LogP contribution in [0.5, 0.6) is 5.88 Å². The molecule has 10 heteroatoms. The van der Waals surface area contributed by atoms with Crippen molar-refractivity contribution in [1.82, 2.24) is 10.3 Å². The predicted octanol–water partition coefficient (Wildman–Crippen LogP) is 4.72. The van der Waals surface area contributed by atoms with E-state index >= 15 is 0 Å². The largest absolute Gasteiger partial charge is 0.455 e. The first-order valence-electron chi connectivity index (χ1n) is 11.1. The van der Waals surface area contributed by atoms with Crippen molar-refractivity contribution in [1.29, 1.82) is 5.26 Å². The third kappa shape index (κ3) is 4.46. The Morgan fingerprint density at radius 3 is 2.60 bits per heavy atom. The highest BCUT2D eigenvalue weighted by molar-refractivity contribution is 6.40. The Kier molecular flexibility index (Phi) is 6.39. The molecule has 8 nitrogen and oxygen atoms in total. The zero-order chi connectivity index (χ0) is 24.5. The third-order valence-corrected chi connectivity index (χ3v) is 6.64. The second-order valence-corrected chi connectivity index (χ2v) is 9.10. The van der Waals surface area contributed by atoms with E-state index in [0.29, 0.717) is 32.7 Å². The number of nitrogens with one attached hydrogen (secondary N) is 2. The maximum Gasteiger partial charge on any atom is 0.266 e. The summed E-state index contributed by atoms with van der Waals surface area (Å²) in [4.78, 5) is 21.4. The molecule has 35 heavy (non-hydrogen) atoms. The molecule has 1 fully saturated rings. The Morgan fingerprint density at radius 1 is 1.14 bits per heavy atom. The van der Waals surface area contributed by atoms with E-state index in [1.807, 2.05) is 25.1 Å². The van der Waals surface area contributed by atoms with Crippen LogP contribution in [0.1, 0.15) is 21.5 Å². The number of fused-ring (bicyclic) bond motifs is 1. The number of halogens is 2. The molecular weight excluding hydrogens is 487 g/mol. The van der Waals surface area contributed by atoms with Crippen molar-refractivity contribution in [2.24, 2.45) is 0 Å². The van der Waals surface area contributed by atoms with Gasteiger partial charge in [0, 0.05) is 31.9 Å². The minimum absolute atomic E-state index is 0.0667. The van der Waals surface area contributed by atoms with Gasteiger partial charge in [-0.2, -0.15) is 10.2 Å². The van der Waals surface area contributed by atoms with Crippen LogP contribution in [0.15, 0.2) is 42.5 Å². The molecule has 0 spiro atoms. The highest BCUT2D eigenvalue weighted by Gasteiger charge is 2.31. The van der Waals surface area contributed by atoms with Crippen molar-refractivity contribution >= 4 is 52.0 Å². The fourth-order valence-electron chi connectivity index (χ4n) is 4.25. The number of ether oxygens (including phenoxy) is 1. The van der Waals surface area contributed by atoms with Crippen LogP contribution in [0.2, 0.25) is 10.0 Å². The topological polar surface area (TPSA) is 93.5 Å². The minimum Gasteiger partial charge on any atom is -0.455 e. The van der Waals surface area contributed by atoms with Crippen molar-refractivity contribution in [3.05, 3.63) is 69.2 Å². The second-order valence-electron chi connectivity index (χ2n) is 8.29. The zero-order valence-corrected chi connectivity index (χ0v) is 20.5. The number of hydrogen-bond donors (Lipinski definition) is 2. The summed E-state index contributed by atoms with van der Waals surface area (Å²) in [5.41, 5.74) is 3.70. The molecule has 2 aliphatic rings. The number of hydrogen-bond acceptors (Lipinski definition) is 7. The van der Waals surface area contributed by atoms with E-state index in [-0.39, 0.29) is 18.5 Å². The van der Waals surface area contributed by atoms with Crippen molar-refractivity contribution in [2.45, 2.75) is 6.92 Å². The van der Waals surface area contributed by atoms with Gasteiger partial charge in [-0.15, -0.1) is 0 Å². The number of amides is 1. The number of aromatic nitrogens is 1. The van der Waals surface area contributed by atoms with Gasteiger partial charge in [0.15, 0.2) is 6.73 Å². The molecule has 0 atom stereocenters. The fourth-order valence-corrected chi connectivity index (χ4v) is 4.85. The molecule has 3 heterocycles. The molecule has 0 bridgehead atoms. The maximum absolute atomic E-state index is 13.2. The lowest BCUT2D eigenvalue weighted by molar-refractivity contribution is 0.0933. The van der Waals surface area contributed by atoms with Gasteiger partial charge in [-0.25, -0.2) is 0 Å². The number of pyridine rings is 1. The maximum atomic E-state index is 13.2. The van der Waals surface area contributed by atoms with Gasteiger partial charge in [0.05, 0.1) is 27.0 Å². The van der Waals surface area contributed by atoms with E-state index in [1.54, 1.807) is 24.3 Å². The number of rotatable bonds is 4. The third-order valence-electron chi connectivity index (χ3n) is 6.03. The highest BCUT2D eigenvalue weighted by atomic mass is 35.5. The molecule has 0 radical (unpaired) electrons. The number of aryl methyl sites for hydroxylation is 1. The summed E-state index contributed by atoms with van der Waals surface area (Å²) < 4.78 is 5.82.